The van der Waals surface area contributed by atoms with E-state index in [1.165, 1.54) is 53.2 Å². The highest BCUT2D eigenvalue weighted by Gasteiger charge is 2.49. The second kappa shape index (κ2) is 16.0. The molecule has 0 spiro atoms. The first-order chi connectivity index (χ1) is 27.3. The molecular formula is C44H50N2O12. The van der Waals surface area contributed by atoms with Crippen molar-refractivity contribution in [3.8, 4) is 11.5 Å². The number of amides is 1. The molecule has 6 rings (SSSR count). The molecule has 308 valence electrons. The predicted octanol–water partition coefficient (Wildman–Crippen LogP) is 6.31. The molecule has 0 radical (unpaired) electrons. The topological polar surface area (TPSA) is 204 Å². The highest BCUT2D eigenvalue weighted by molar-refractivity contribution is 6.26. The van der Waals surface area contributed by atoms with Crippen molar-refractivity contribution in [1.29, 1.82) is 0 Å². The minimum Gasteiger partial charge on any atom is -0.505 e. The summed E-state index contributed by atoms with van der Waals surface area (Å²) in [5.74, 6) is -7.10. The fourth-order valence-electron chi connectivity index (χ4n) is 7.91. The molecule has 2 aliphatic rings. The molecule has 0 aliphatic carbocycles. The number of aliphatic hydroxyl groups excluding tert-OH is 2. The fraction of sp³-hybridized carbons (Fsp3) is 0.432. The Morgan fingerprint density at radius 1 is 0.966 bits per heavy atom. The zero-order chi connectivity index (χ0) is 42.5. The first-order valence-electron chi connectivity index (χ1n) is 19.2. The molecular weight excluding hydrogens is 748 g/mol. The van der Waals surface area contributed by atoms with Crippen LogP contribution in [0.15, 0.2) is 63.6 Å². The second-order valence-corrected chi connectivity index (χ2v) is 15.7. The van der Waals surface area contributed by atoms with E-state index in [1.807, 2.05) is 13.0 Å². The standard InChI is InChI=1S/C44H50N2O12/c1-19-14-15-27-29(18-19)57-41-33(45-27)30-31-37(50)25(7)40-32(30)42(52)44(9,58-40)55-17-16-28(54-10)22(4)39(56-26(8)47)24(6)36(49)23(5)35(48)20(2)12-11-13-21(3)43(53)46-34(41)38(31)51/h11-18,20,22-24,28,35-36,39,48-49,51H,1-10H3,(H,46,53)/b12-11+,17-16+,21-13-/t20-,22+,23+,24+,28-,35-,36+,39+,44-/m0/s1. The van der Waals surface area contributed by atoms with Gasteiger partial charge in [-0.2, -0.15) is 0 Å². The van der Waals surface area contributed by atoms with E-state index in [-0.39, 0.29) is 50.0 Å². The lowest BCUT2D eigenvalue weighted by molar-refractivity contribution is -0.160. The quantitative estimate of drug-likeness (QED) is 0.0761. The zero-order valence-corrected chi connectivity index (χ0v) is 34.2. The summed E-state index contributed by atoms with van der Waals surface area (Å²) >= 11 is 0. The molecule has 1 aromatic heterocycles. The number of hydrogen-bond acceptors (Lipinski definition) is 13. The number of esters is 1. The number of Topliss-reactive ketones (excluding diaryl/α,β-unsaturated/α-hetero) is 1. The molecule has 4 N–H and O–H groups in total. The molecule has 3 aromatic carbocycles. The summed E-state index contributed by atoms with van der Waals surface area (Å²) in [7, 11) is 1.44. The largest absolute Gasteiger partial charge is 0.505 e. The number of ketones is 1. The van der Waals surface area contributed by atoms with Crippen molar-refractivity contribution in [2.45, 2.75) is 92.5 Å². The van der Waals surface area contributed by atoms with E-state index < -0.39 is 82.7 Å². The maximum atomic E-state index is 14.6. The molecule has 4 bridgehead atoms. The van der Waals surface area contributed by atoms with Crippen molar-refractivity contribution in [1.82, 2.24) is 4.98 Å². The number of rotatable bonds is 2. The smallest absolute Gasteiger partial charge is 0.312 e. The predicted molar refractivity (Wildman–Crippen MR) is 217 cm³/mol. The molecule has 0 saturated carbocycles. The summed E-state index contributed by atoms with van der Waals surface area (Å²) < 4.78 is 30.1. The third-order valence-corrected chi connectivity index (χ3v) is 11.5. The van der Waals surface area contributed by atoms with Gasteiger partial charge in [-0.3, -0.25) is 19.2 Å². The van der Waals surface area contributed by atoms with E-state index in [2.05, 4.69) is 5.32 Å². The number of carbonyl (C=O) groups is 3. The Labute approximate surface area is 335 Å². The van der Waals surface area contributed by atoms with Gasteiger partial charge in [0.05, 0.1) is 35.5 Å². The lowest BCUT2D eigenvalue weighted by Crippen LogP contribution is -2.46. The van der Waals surface area contributed by atoms with E-state index in [0.29, 0.717) is 11.1 Å². The van der Waals surface area contributed by atoms with Crippen LogP contribution in [0.2, 0.25) is 0 Å². The van der Waals surface area contributed by atoms with Crippen LogP contribution in [0.5, 0.6) is 11.5 Å². The van der Waals surface area contributed by atoms with Crippen LogP contribution in [-0.2, 0) is 23.8 Å². The summed E-state index contributed by atoms with van der Waals surface area (Å²) in [5.41, 5.74) is 0.667. The van der Waals surface area contributed by atoms with Gasteiger partial charge in [0.2, 0.25) is 0 Å². The number of aryl methyl sites for hydroxylation is 1. The van der Waals surface area contributed by atoms with Crippen molar-refractivity contribution < 1.29 is 53.1 Å². The van der Waals surface area contributed by atoms with E-state index in [0.717, 1.165) is 5.56 Å². The van der Waals surface area contributed by atoms with Gasteiger partial charge in [-0.1, -0.05) is 52.0 Å². The number of aliphatic hydroxyl groups is 2. The van der Waals surface area contributed by atoms with Gasteiger partial charge in [-0.15, -0.1) is 0 Å². The number of methoxy groups -OCH3 is 1. The summed E-state index contributed by atoms with van der Waals surface area (Å²) in [6.07, 6.45) is 3.67. The van der Waals surface area contributed by atoms with Crippen molar-refractivity contribution in [3.63, 3.8) is 0 Å². The lowest BCUT2D eigenvalue weighted by atomic mass is 9.78. The third-order valence-electron chi connectivity index (χ3n) is 11.5. The number of ether oxygens (including phenoxy) is 4. The van der Waals surface area contributed by atoms with Gasteiger partial charge in [0.25, 0.3) is 11.7 Å². The summed E-state index contributed by atoms with van der Waals surface area (Å²) in [5, 5.41) is 37.2. The first kappa shape index (κ1) is 42.0. The highest BCUT2D eigenvalue weighted by atomic mass is 16.7. The number of nitrogens with zero attached hydrogens (tertiary/aromatic N) is 1. The Kier molecular flexibility index (Phi) is 11.6. The number of carbonyl (C=O) groups excluding carboxylic acids is 3. The van der Waals surface area contributed by atoms with Crippen LogP contribution in [0.1, 0.15) is 70.0 Å². The lowest BCUT2D eigenvalue weighted by Gasteiger charge is -2.38. The summed E-state index contributed by atoms with van der Waals surface area (Å²) in [4.78, 5) is 59.7. The van der Waals surface area contributed by atoms with Gasteiger partial charge in [0, 0.05) is 61.2 Å². The van der Waals surface area contributed by atoms with Crippen LogP contribution >= 0.6 is 0 Å². The molecule has 4 aromatic rings. The number of hydrogen-bond donors (Lipinski definition) is 4. The number of aromatic hydroxyl groups is 1. The molecule has 14 heteroatoms. The highest BCUT2D eigenvalue weighted by Crippen LogP contribution is 2.48. The molecule has 9 atom stereocenters. The van der Waals surface area contributed by atoms with Gasteiger partial charge in [0.15, 0.2) is 22.3 Å². The maximum absolute atomic E-state index is 14.6. The van der Waals surface area contributed by atoms with Gasteiger partial charge in [-0.25, -0.2) is 4.98 Å². The van der Waals surface area contributed by atoms with Crippen LogP contribution in [0.3, 0.4) is 0 Å². The van der Waals surface area contributed by atoms with Crippen LogP contribution in [0.4, 0.5) is 5.69 Å². The number of benzene rings is 3. The molecule has 1 amide bonds. The molecule has 0 fully saturated rings. The zero-order valence-electron chi connectivity index (χ0n) is 34.2. The SMILES string of the molecule is CO[C@H]1/C=C/O[C@@]2(C)Oc3c(C)c(=O)c4c(O)c(c5oc6cc(C)ccc6nc5c4c3C2=O)NC(=O)/C(C)=C\C=C\[C@H](C)[C@H](O)[C@@H](C)[C@@H](O)[C@@H](C)[C@H](OC(C)=O)[C@@H]1C. The number of phenols is 1. The molecule has 0 unspecified atom stereocenters. The Morgan fingerprint density at radius 3 is 2.34 bits per heavy atom. The number of allylic oxidation sites excluding steroid dienone is 2. The van der Waals surface area contributed by atoms with E-state index in [4.69, 9.17) is 28.3 Å². The molecule has 2 aliphatic heterocycles. The van der Waals surface area contributed by atoms with Gasteiger partial charge in [0.1, 0.15) is 28.6 Å². The summed E-state index contributed by atoms with van der Waals surface area (Å²) in [6, 6.07) is 5.26. The Morgan fingerprint density at radius 2 is 1.67 bits per heavy atom. The van der Waals surface area contributed by atoms with Crippen LogP contribution in [-0.4, -0.2) is 75.3 Å². The number of phenolic OH excluding ortho intramolecular Hbond substituents is 1. The number of anilines is 1. The minimum absolute atomic E-state index is 0.00450. The van der Waals surface area contributed by atoms with E-state index in [1.54, 1.807) is 52.0 Å². The Balaban J connectivity index is 1.59. The van der Waals surface area contributed by atoms with Crippen LogP contribution in [0, 0.1) is 37.5 Å². The van der Waals surface area contributed by atoms with Crippen molar-refractivity contribution >= 4 is 56.3 Å². The van der Waals surface area contributed by atoms with Gasteiger partial charge >= 0.3 is 11.8 Å². The number of fused-ring (bicyclic) bond motifs is 2. The van der Waals surface area contributed by atoms with Crippen LogP contribution < -0.4 is 15.5 Å². The van der Waals surface area contributed by atoms with Gasteiger partial charge in [-0.05, 0) is 44.5 Å². The van der Waals surface area contributed by atoms with Crippen LogP contribution in [0.25, 0.3) is 33.0 Å². The summed E-state index contributed by atoms with van der Waals surface area (Å²) in [6.45, 7) is 14.4. The molecule has 3 heterocycles. The van der Waals surface area contributed by atoms with Crippen molar-refractivity contribution in [3.05, 3.63) is 81.3 Å². The number of aromatic nitrogens is 1. The minimum atomic E-state index is -2.02. The van der Waals surface area contributed by atoms with E-state index in [9.17, 15) is 34.5 Å². The average molecular weight is 799 g/mol. The molecule has 14 nitrogen and oxygen atoms in total. The molecule has 58 heavy (non-hydrogen) atoms. The second-order valence-electron chi connectivity index (χ2n) is 15.7. The molecule has 0 saturated heterocycles. The maximum Gasteiger partial charge on any atom is 0.312 e. The first-order valence-corrected chi connectivity index (χ1v) is 19.2. The van der Waals surface area contributed by atoms with Crippen molar-refractivity contribution in [2.24, 2.45) is 23.7 Å². The Bertz CT molecular complexity index is 2480. The Hall–Kier alpha value is -5.57. The normalized spacial score (nSPS) is 30.4. The monoisotopic (exact) mass is 798 g/mol. The average Bonchev–Trinajstić information content (AvgIpc) is 3.45. The third kappa shape index (κ3) is 7.36. The van der Waals surface area contributed by atoms with Gasteiger partial charge < -0.3 is 44.0 Å². The number of nitrogens with one attached hydrogen (secondary N) is 1. The van der Waals surface area contributed by atoms with E-state index >= 15 is 0 Å². The van der Waals surface area contributed by atoms with Crippen molar-refractivity contribution in [2.75, 3.05) is 12.4 Å². The fourth-order valence-corrected chi connectivity index (χ4v) is 7.91.